The van der Waals surface area contributed by atoms with Gasteiger partial charge in [-0.15, -0.1) is 0 Å². The van der Waals surface area contributed by atoms with Crippen molar-refractivity contribution in [2.45, 2.75) is 18.9 Å². The van der Waals surface area contributed by atoms with E-state index in [0.717, 1.165) is 17.9 Å². The van der Waals surface area contributed by atoms with Gasteiger partial charge in [0.2, 0.25) is 5.91 Å². The highest BCUT2D eigenvalue weighted by atomic mass is 35.5. The van der Waals surface area contributed by atoms with Crippen molar-refractivity contribution in [3.63, 3.8) is 0 Å². The van der Waals surface area contributed by atoms with Crippen molar-refractivity contribution in [3.05, 3.63) is 81.8 Å². The maximum Gasteiger partial charge on any atom is 0.338 e. The van der Waals surface area contributed by atoms with Gasteiger partial charge in [0.15, 0.2) is 0 Å². The van der Waals surface area contributed by atoms with Gasteiger partial charge in [-0.25, -0.2) is 4.79 Å². The molecule has 0 aliphatic heterocycles. The summed E-state index contributed by atoms with van der Waals surface area (Å²) in [5.41, 5.74) is 1.04. The van der Waals surface area contributed by atoms with Gasteiger partial charge in [0.05, 0.1) is 46.4 Å². The monoisotopic (exact) mass is 615 g/mol. The molecule has 42 heavy (non-hydrogen) atoms. The van der Waals surface area contributed by atoms with E-state index in [0.29, 0.717) is 21.2 Å². The minimum atomic E-state index is -1.61. The Kier molecular flexibility index (Phi) is 9.70. The maximum atomic E-state index is 13.1. The number of aliphatic carboxylic acids is 2. The van der Waals surface area contributed by atoms with E-state index in [1.54, 1.807) is 36.4 Å². The number of benzene rings is 3. The van der Waals surface area contributed by atoms with E-state index in [-0.39, 0.29) is 19.4 Å². The number of hydrogen-bond acceptors (Lipinski definition) is 7. The Morgan fingerprint density at radius 2 is 1.50 bits per heavy atom. The van der Waals surface area contributed by atoms with E-state index in [4.69, 9.17) is 27.9 Å². The number of carboxylic acids is 2. The van der Waals surface area contributed by atoms with E-state index < -0.39 is 59.6 Å². The van der Waals surface area contributed by atoms with Crippen LogP contribution >= 0.6 is 23.2 Å². The molecular formula is C30H27Cl2NO9. The molecule has 1 fully saturated rings. The fourth-order valence-electron chi connectivity index (χ4n) is 5.26. The number of hydrogen-bond donors (Lipinski definition) is 3. The van der Waals surface area contributed by atoms with E-state index in [9.17, 15) is 34.2 Å². The van der Waals surface area contributed by atoms with Gasteiger partial charge in [0.25, 0.3) is 0 Å². The number of carbonyl (C=O) groups excluding carboxylic acids is 3. The molecule has 3 aromatic rings. The lowest BCUT2D eigenvalue weighted by molar-refractivity contribution is -0.188. The van der Waals surface area contributed by atoms with Crippen molar-refractivity contribution in [2.75, 3.05) is 13.7 Å². The van der Waals surface area contributed by atoms with Crippen molar-refractivity contribution >= 4 is 63.8 Å². The molecule has 5 atom stereocenters. The van der Waals surface area contributed by atoms with Gasteiger partial charge in [-0.05, 0) is 40.6 Å². The standard InChI is InChI=1S/C30H27Cl2NO9/c1-41-30(40)25-22(23(27(35)36)24(25)28(37)38)26(34)33-11-10-19(12-15-6-9-20(31)21(32)13-15)42-29(39)18-8-7-16-4-2-3-5-17(16)14-18/h2-9,13-14,19,22-25H,10-12H2,1H3,(H,33,34)(H,35,36)(H,37,38). The smallest absolute Gasteiger partial charge is 0.338 e. The Hall–Kier alpha value is -4.15. The first-order chi connectivity index (χ1) is 20.0. The fraction of sp³-hybridized carbons (Fsp3) is 0.300. The highest BCUT2D eigenvalue weighted by Gasteiger charge is 2.64. The number of methoxy groups -OCH3 is 1. The second-order valence-corrected chi connectivity index (χ2v) is 10.7. The van der Waals surface area contributed by atoms with Crippen molar-refractivity contribution < 1.29 is 43.7 Å². The van der Waals surface area contributed by atoms with Crippen LogP contribution in [0, 0.1) is 23.7 Å². The summed E-state index contributed by atoms with van der Waals surface area (Å²) in [5, 5.41) is 24.1. The number of ether oxygens (including phenoxy) is 2. The number of carbonyl (C=O) groups is 5. The average Bonchev–Trinajstić information content (AvgIpc) is 2.93. The molecule has 0 bridgehead atoms. The highest BCUT2D eigenvalue weighted by molar-refractivity contribution is 6.42. The summed E-state index contributed by atoms with van der Waals surface area (Å²) >= 11 is 12.2. The van der Waals surface area contributed by atoms with Gasteiger partial charge >= 0.3 is 23.9 Å². The third-order valence-electron chi connectivity index (χ3n) is 7.37. The SMILES string of the molecule is COC(=O)C1C(C(=O)O)C(C(=O)O)C1C(=O)NCCC(Cc1ccc(Cl)c(Cl)c1)OC(=O)c1ccc2ccccc2c1. The van der Waals surface area contributed by atoms with Gasteiger partial charge in [0.1, 0.15) is 6.10 Å². The number of fused-ring (bicyclic) bond motifs is 1. The van der Waals surface area contributed by atoms with Crippen LogP contribution in [-0.4, -0.2) is 59.8 Å². The molecule has 12 heteroatoms. The quantitative estimate of drug-likeness (QED) is 0.268. The fourth-order valence-corrected chi connectivity index (χ4v) is 5.58. The molecule has 0 spiro atoms. The highest BCUT2D eigenvalue weighted by Crippen LogP contribution is 2.47. The van der Waals surface area contributed by atoms with Crippen LogP contribution in [0.25, 0.3) is 10.8 Å². The lowest BCUT2D eigenvalue weighted by Gasteiger charge is -2.44. The molecule has 0 aromatic heterocycles. The van der Waals surface area contributed by atoms with E-state index in [1.165, 1.54) is 0 Å². The van der Waals surface area contributed by atoms with Crippen molar-refractivity contribution in [1.29, 1.82) is 0 Å². The second-order valence-electron chi connectivity index (χ2n) is 9.92. The summed E-state index contributed by atoms with van der Waals surface area (Å²) in [6.07, 6.45) is -0.415. The Morgan fingerprint density at radius 1 is 0.833 bits per heavy atom. The molecule has 4 rings (SSSR count). The van der Waals surface area contributed by atoms with Crippen LogP contribution in [0.3, 0.4) is 0 Å². The molecule has 3 aromatic carbocycles. The van der Waals surface area contributed by atoms with Crippen LogP contribution in [-0.2, 0) is 35.1 Å². The van der Waals surface area contributed by atoms with Crippen molar-refractivity contribution in [1.82, 2.24) is 5.32 Å². The predicted molar refractivity (Wildman–Crippen MR) is 152 cm³/mol. The first-order valence-corrected chi connectivity index (χ1v) is 13.7. The molecule has 1 amide bonds. The van der Waals surface area contributed by atoms with Gasteiger partial charge in [-0.3, -0.25) is 19.2 Å². The van der Waals surface area contributed by atoms with Gasteiger partial charge in [0, 0.05) is 19.4 Å². The van der Waals surface area contributed by atoms with Crippen LogP contribution in [0.4, 0.5) is 0 Å². The number of rotatable bonds is 11. The van der Waals surface area contributed by atoms with Crippen LogP contribution in [0.15, 0.2) is 60.7 Å². The average molecular weight is 616 g/mol. The Labute approximate surface area is 250 Å². The second kappa shape index (κ2) is 13.2. The maximum absolute atomic E-state index is 13.1. The zero-order valence-electron chi connectivity index (χ0n) is 22.3. The number of nitrogens with one attached hydrogen (secondary N) is 1. The summed E-state index contributed by atoms with van der Waals surface area (Å²) in [5.74, 6) is -11.5. The van der Waals surface area contributed by atoms with Crippen molar-refractivity contribution in [3.8, 4) is 0 Å². The number of carboxylic acid groups (broad SMARTS) is 2. The van der Waals surface area contributed by atoms with E-state index in [1.807, 2.05) is 24.3 Å². The molecule has 5 unspecified atom stereocenters. The number of amides is 1. The molecule has 220 valence electrons. The Balaban J connectivity index is 1.49. The van der Waals surface area contributed by atoms with Gasteiger partial charge in [-0.2, -0.15) is 0 Å². The van der Waals surface area contributed by atoms with Crippen LogP contribution in [0.1, 0.15) is 22.3 Å². The van der Waals surface area contributed by atoms with E-state index >= 15 is 0 Å². The first kappa shape index (κ1) is 30.8. The van der Waals surface area contributed by atoms with Crippen LogP contribution in [0.5, 0.6) is 0 Å². The third-order valence-corrected chi connectivity index (χ3v) is 8.10. The molecule has 1 saturated carbocycles. The minimum absolute atomic E-state index is 0.0652. The summed E-state index contributed by atoms with van der Waals surface area (Å²) in [4.78, 5) is 61.8. The Morgan fingerprint density at radius 3 is 2.14 bits per heavy atom. The third kappa shape index (κ3) is 6.66. The molecule has 1 aliphatic carbocycles. The molecule has 0 saturated heterocycles. The molecule has 0 radical (unpaired) electrons. The predicted octanol–water partition coefficient (Wildman–Crippen LogP) is 4.24. The summed E-state index contributed by atoms with van der Waals surface area (Å²) in [6, 6.07) is 17.7. The number of halogens is 2. The largest absolute Gasteiger partial charge is 0.481 e. The topological polar surface area (TPSA) is 156 Å². The normalized spacial score (nSPS) is 20.2. The molecule has 1 aliphatic rings. The molecule has 10 nitrogen and oxygen atoms in total. The van der Waals surface area contributed by atoms with Crippen molar-refractivity contribution in [2.24, 2.45) is 23.7 Å². The molecular weight excluding hydrogens is 589 g/mol. The molecule has 3 N–H and O–H groups in total. The Bertz CT molecular complexity index is 1540. The minimum Gasteiger partial charge on any atom is -0.481 e. The van der Waals surface area contributed by atoms with Gasteiger partial charge in [-0.1, -0.05) is 59.6 Å². The van der Waals surface area contributed by atoms with Crippen LogP contribution < -0.4 is 5.32 Å². The molecule has 0 heterocycles. The first-order valence-electron chi connectivity index (χ1n) is 13.0. The van der Waals surface area contributed by atoms with Gasteiger partial charge < -0.3 is 25.0 Å². The number of esters is 2. The summed E-state index contributed by atoms with van der Waals surface area (Å²) in [7, 11) is 1.03. The van der Waals surface area contributed by atoms with Crippen LogP contribution in [0.2, 0.25) is 10.0 Å². The summed E-state index contributed by atoms with van der Waals surface area (Å²) < 4.78 is 10.4. The zero-order valence-corrected chi connectivity index (χ0v) is 23.8. The lowest BCUT2D eigenvalue weighted by atomic mass is 9.56. The lowest BCUT2D eigenvalue weighted by Crippen LogP contribution is -2.62. The summed E-state index contributed by atoms with van der Waals surface area (Å²) in [6.45, 7) is -0.0652. The van der Waals surface area contributed by atoms with E-state index in [2.05, 4.69) is 10.1 Å². The zero-order chi connectivity index (χ0) is 30.6.